The molecule has 0 atom stereocenters. The smallest absolute Gasteiger partial charge is 0.178 e. The van der Waals surface area contributed by atoms with E-state index in [1.54, 1.807) is 4.52 Å². The maximum absolute atomic E-state index is 5.85. The minimum absolute atomic E-state index is 0.645. The van der Waals surface area contributed by atoms with Crippen LogP contribution < -0.4 is 5.73 Å². The van der Waals surface area contributed by atoms with Crippen molar-refractivity contribution < 1.29 is 0 Å². The number of fused-ring (bicyclic) bond motifs is 1. The van der Waals surface area contributed by atoms with E-state index in [1.165, 1.54) is 5.56 Å². The molecular weight excluding hydrogens is 292 g/mol. The van der Waals surface area contributed by atoms with Gasteiger partial charge in [-0.3, -0.25) is 0 Å². The van der Waals surface area contributed by atoms with Crippen molar-refractivity contribution in [2.75, 3.05) is 5.73 Å². The third-order valence-electron chi connectivity index (χ3n) is 2.71. The fourth-order valence-corrected chi connectivity index (χ4v) is 2.10. The summed E-state index contributed by atoms with van der Waals surface area (Å²) in [5, 5.41) is 4.41. The van der Waals surface area contributed by atoms with Gasteiger partial charge in [-0.15, -0.1) is 0 Å². The fourth-order valence-electron chi connectivity index (χ4n) is 1.83. The lowest BCUT2D eigenvalue weighted by Gasteiger charge is -1.96. The monoisotopic (exact) mass is 302 g/mol. The molecule has 0 bridgehead atoms. The van der Waals surface area contributed by atoms with Crippen molar-refractivity contribution in [1.29, 1.82) is 0 Å². The Morgan fingerprint density at radius 2 is 1.94 bits per heavy atom. The van der Waals surface area contributed by atoms with Gasteiger partial charge in [-0.25, -0.2) is 9.50 Å². The highest BCUT2D eigenvalue weighted by molar-refractivity contribution is 9.10. The van der Waals surface area contributed by atoms with Crippen molar-refractivity contribution in [3.8, 4) is 0 Å². The summed E-state index contributed by atoms with van der Waals surface area (Å²) in [4.78, 5) is 4.45. The van der Waals surface area contributed by atoms with Crippen LogP contribution in [0.15, 0.2) is 47.1 Å². The average Bonchev–Trinajstić information content (AvgIpc) is 2.76. The van der Waals surface area contributed by atoms with Crippen LogP contribution in [-0.2, 0) is 6.42 Å². The quantitative estimate of drug-likeness (QED) is 0.792. The van der Waals surface area contributed by atoms with Gasteiger partial charge in [-0.2, -0.15) is 5.10 Å². The minimum atomic E-state index is 0.645. The summed E-state index contributed by atoms with van der Waals surface area (Å²) in [6.07, 6.45) is 2.55. The van der Waals surface area contributed by atoms with E-state index in [4.69, 9.17) is 5.73 Å². The topological polar surface area (TPSA) is 56.2 Å². The van der Waals surface area contributed by atoms with Crippen molar-refractivity contribution in [3.63, 3.8) is 0 Å². The zero-order valence-corrected chi connectivity index (χ0v) is 11.1. The lowest BCUT2D eigenvalue weighted by atomic mass is 10.1. The molecule has 0 spiro atoms. The molecule has 3 rings (SSSR count). The Kier molecular flexibility index (Phi) is 2.76. The van der Waals surface area contributed by atoms with Gasteiger partial charge in [0.15, 0.2) is 11.5 Å². The Hall–Kier alpha value is -1.88. The highest BCUT2D eigenvalue weighted by atomic mass is 79.9. The van der Waals surface area contributed by atoms with E-state index in [1.807, 2.05) is 30.5 Å². The van der Waals surface area contributed by atoms with Gasteiger partial charge < -0.3 is 5.73 Å². The second-order valence-corrected chi connectivity index (χ2v) is 4.98. The Bertz CT molecular complexity index is 688. The van der Waals surface area contributed by atoms with Gasteiger partial charge in [0.25, 0.3) is 0 Å². The molecule has 18 heavy (non-hydrogen) atoms. The molecule has 0 saturated carbocycles. The predicted octanol–water partition coefficient (Wildman–Crippen LogP) is 2.66. The molecule has 0 aliphatic rings. The van der Waals surface area contributed by atoms with Gasteiger partial charge >= 0.3 is 0 Å². The number of anilines is 1. The molecule has 0 fully saturated rings. The Morgan fingerprint density at radius 1 is 1.17 bits per heavy atom. The van der Waals surface area contributed by atoms with Gasteiger partial charge in [0.05, 0.1) is 5.69 Å². The molecule has 5 heteroatoms. The number of hydrogen-bond donors (Lipinski definition) is 1. The van der Waals surface area contributed by atoms with Crippen molar-refractivity contribution in [2.45, 2.75) is 6.42 Å². The first-order valence-electron chi connectivity index (χ1n) is 5.56. The van der Waals surface area contributed by atoms with Crippen molar-refractivity contribution in [1.82, 2.24) is 14.6 Å². The standard InChI is InChI=1S/C13H11BrN4/c14-10-5-3-9(4-6-10)8-12-16-13-11(15)2-1-7-18(13)17-12/h1-7H,8,15H2. The number of aromatic nitrogens is 3. The second kappa shape index (κ2) is 4.42. The van der Waals surface area contributed by atoms with E-state index in [0.717, 1.165) is 10.3 Å². The van der Waals surface area contributed by atoms with Crippen LogP contribution in [0.25, 0.3) is 5.65 Å². The molecule has 3 aromatic rings. The van der Waals surface area contributed by atoms with Crippen LogP contribution >= 0.6 is 15.9 Å². The van der Waals surface area contributed by atoms with Gasteiger partial charge in [-0.1, -0.05) is 28.1 Å². The lowest BCUT2D eigenvalue weighted by Crippen LogP contribution is -1.92. The second-order valence-electron chi connectivity index (χ2n) is 4.06. The van der Waals surface area contributed by atoms with E-state index in [-0.39, 0.29) is 0 Å². The van der Waals surface area contributed by atoms with E-state index in [9.17, 15) is 0 Å². The number of rotatable bonds is 2. The zero-order chi connectivity index (χ0) is 12.5. The van der Waals surface area contributed by atoms with Crippen LogP contribution in [-0.4, -0.2) is 14.6 Å². The van der Waals surface area contributed by atoms with Crippen LogP contribution in [0.1, 0.15) is 11.4 Å². The number of benzene rings is 1. The first-order valence-corrected chi connectivity index (χ1v) is 6.36. The molecular formula is C13H11BrN4. The number of nitrogens with two attached hydrogens (primary N) is 1. The molecule has 0 radical (unpaired) electrons. The molecule has 4 nitrogen and oxygen atoms in total. The normalized spacial score (nSPS) is 10.9. The van der Waals surface area contributed by atoms with Gasteiger partial charge in [-0.05, 0) is 29.8 Å². The third kappa shape index (κ3) is 2.09. The summed E-state index contributed by atoms with van der Waals surface area (Å²) in [7, 11) is 0. The molecule has 1 aromatic carbocycles. The summed E-state index contributed by atoms with van der Waals surface area (Å²) < 4.78 is 2.78. The lowest BCUT2D eigenvalue weighted by molar-refractivity contribution is 0.900. The van der Waals surface area contributed by atoms with Crippen LogP contribution in [0, 0.1) is 0 Å². The molecule has 0 aliphatic heterocycles. The highest BCUT2D eigenvalue weighted by Crippen LogP contribution is 2.15. The van der Waals surface area contributed by atoms with Crippen molar-refractivity contribution >= 4 is 27.3 Å². The molecule has 0 unspecified atom stereocenters. The molecule has 2 aromatic heterocycles. The number of nitrogens with zero attached hydrogens (tertiary/aromatic N) is 3. The molecule has 0 aliphatic carbocycles. The maximum atomic E-state index is 5.85. The number of hydrogen-bond acceptors (Lipinski definition) is 3. The van der Waals surface area contributed by atoms with Crippen LogP contribution in [0.2, 0.25) is 0 Å². The SMILES string of the molecule is Nc1cccn2nc(Cc3ccc(Br)cc3)nc12. The third-order valence-corrected chi connectivity index (χ3v) is 3.24. The van der Waals surface area contributed by atoms with E-state index < -0.39 is 0 Å². The first kappa shape index (κ1) is 11.2. The summed E-state index contributed by atoms with van der Waals surface area (Å²) in [5.74, 6) is 0.773. The van der Waals surface area contributed by atoms with Crippen LogP contribution in [0.3, 0.4) is 0 Å². The van der Waals surface area contributed by atoms with Crippen LogP contribution in [0.5, 0.6) is 0 Å². The Labute approximate surface area is 113 Å². The summed E-state index contributed by atoms with van der Waals surface area (Å²) in [5.41, 5.74) is 8.39. The summed E-state index contributed by atoms with van der Waals surface area (Å²) >= 11 is 3.42. The Balaban J connectivity index is 1.95. The molecule has 90 valence electrons. The van der Waals surface area contributed by atoms with E-state index >= 15 is 0 Å². The summed E-state index contributed by atoms with van der Waals surface area (Å²) in [6.45, 7) is 0. The molecule has 0 saturated heterocycles. The number of nitrogen functional groups attached to an aromatic ring is 1. The van der Waals surface area contributed by atoms with Gasteiger partial charge in [0.2, 0.25) is 0 Å². The first-order chi connectivity index (χ1) is 8.72. The molecule has 2 heterocycles. The highest BCUT2D eigenvalue weighted by Gasteiger charge is 2.06. The molecule has 2 N–H and O–H groups in total. The molecule has 0 amide bonds. The van der Waals surface area contributed by atoms with Crippen LogP contribution in [0.4, 0.5) is 5.69 Å². The van der Waals surface area contributed by atoms with E-state index in [0.29, 0.717) is 17.8 Å². The zero-order valence-electron chi connectivity index (χ0n) is 9.55. The maximum Gasteiger partial charge on any atom is 0.178 e. The Morgan fingerprint density at radius 3 is 2.67 bits per heavy atom. The number of halogens is 1. The predicted molar refractivity (Wildman–Crippen MR) is 74.3 cm³/mol. The number of pyridine rings is 1. The minimum Gasteiger partial charge on any atom is -0.396 e. The van der Waals surface area contributed by atoms with Gasteiger partial charge in [0, 0.05) is 17.1 Å². The average molecular weight is 303 g/mol. The van der Waals surface area contributed by atoms with Crippen molar-refractivity contribution in [2.24, 2.45) is 0 Å². The van der Waals surface area contributed by atoms with Crippen molar-refractivity contribution in [3.05, 3.63) is 58.5 Å². The van der Waals surface area contributed by atoms with E-state index in [2.05, 4.69) is 38.1 Å². The van der Waals surface area contributed by atoms with Gasteiger partial charge in [0.1, 0.15) is 0 Å². The summed E-state index contributed by atoms with van der Waals surface area (Å²) in [6, 6.07) is 11.8. The largest absolute Gasteiger partial charge is 0.396 e. The fraction of sp³-hybridized carbons (Fsp3) is 0.0769.